The third kappa shape index (κ3) is 48.0. The first kappa shape index (κ1) is 60.5. The first-order valence-electron chi connectivity index (χ1n) is 26.0. The molecule has 0 aliphatic carbocycles. The number of esters is 2. The van der Waals surface area contributed by atoms with Crippen molar-refractivity contribution in [1.29, 1.82) is 0 Å². The van der Waals surface area contributed by atoms with Gasteiger partial charge in [-0.15, -0.1) is 0 Å². The molecule has 0 aromatic carbocycles. The predicted molar refractivity (Wildman–Crippen MR) is 259 cm³/mol. The van der Waals surface area contributed by atoms with E-state index in [-0.39, 0.29) is 32.0 Å². The van der Waals surface area contributed by atoms with Gasteiger partial charge in [-0.1, -0.05) is 212 Å². The van der Waals surface area contributed by atoms with Crippen LogP contribution in [0.25, 0.3) is 0 Å². The van der Waals surface area contributed by atoms with E-state index in [1.54, 1.807) is 0 Å². The monoisotopic (exact) mass is 898 g/mol. The van der Waals surface area contributed by atoms with Crippen LogP contribution in [0.3, 0.4) is 0 Å². The van der Waals surface area contributed by atoms with Gasteiger partial charge in [-0.25, -0.2) is 0 Å². The van der Waals surface area contributed by atoms with Crippen molar-refractivity contribution in [1.82, 2.24) is 0 Å². The van der Waals surface area contributed by atoms with Gasteiger partial charge in [0.2, 0.25) is 0 Å². The van der Waals surface area contributed by atoms with E-state index in [9.17, 15) is 19.0 Å². The Morgan fingerprint density at radius 2 is 0.871 bits per heavy atom. The standard InChI is InChI=1S/C52H100NO8P/c1-6-8-10-12-14-16-18-20-22-24-26-28-30-32-34-36-38-40-42-44-51(54)58-48-50(49-60-62(56,57)59-47-46-53(3,4)5)61-52(55)45-43-41-39-37-35-33-31-29-27-25-23-21-19-17-15-13-11-9-7-2/h14,16,20,22,50H,6-13,15,17-19,21,23-49H2,1-5H3/b16-14-,22-20-/t50-/m1/s1. The maximum atomic E-state index is 12.7. The number of hydrogen-bond acceptors (Lipinski definition) is 8. The van der Waals surface area contributed by atoms with Crippen molar-refractivity contribution in [2.75, 3.05) is 47.5 Å². The number of carbonyl (C=O) groups is 2. The van der Waals surface area contributed by atoms with E-state index in [0.717, 1.165) is 38.5 Å². The van der Waals surface area contributed by atoms with Gasteiger partial charge in [0.25, 0.3) is 7.82 Å². The molecule has 10 heteroatoms. The molecule has 1 unspecified atom stereocenters. The van der Waals surface area contributed by atoms with Crippen molar-refractivity contribution in [3.8, 4) is 0 Å². The van der Waals surface area contributed by atoms with E-state index in [4.69, 9.17) is 18.5 Å². The molecule has 0 saturated carbocycles. The lowest BCUT2D eigenvalue weighted by molar-refractivity contribution is -0.870. The molecule has 0 bridgehead atoms. The summed E-state index contributed by atoms with van der Waals surface area (Å²) in [6.45, 7) is 4.24. The molecule has 0 spiro atoms. The highest BCUT2D eigenvalue weighted by Crippen LogP contribution is 2.38. The second kappa shape index (κ2) is 44.7. The van der Waals surface area contributed by atoms with Crippen LogP contribution in [-0.4, -0.2) is 70.0 Å². The Kier molecular flexibility index (Phi) is 43.6. The van der Waals surface area contributed by atoms with E-state index < -0.39 is 26.5 Å². The average molecular weight is 898 g/mol. The summed E-state index contributed by atoms with van der Waals surface area (Å²) >= 11 is 0. The fourth-order valence-electron chi connectivity index (χ4n) is 7.39. The summed E-state index contributed by atoms with van der Waals surface area (Å²) in [7, 11) is 1.17. The van der Waals surface area contributed by atoms with Crippen molar-refractivity contribution >= 4 is 19.8 Å². The van der Waals surface area contributed by atoms with Gasteiger partial charge in [0.15, 0.2) is 6.10 Å². The van der Waals surface area contributed by atoms with Gasteiger partial charge in [0.1, 0.15) is 19.8 Å². The lowest BCUT2D eigenvalue weighted by atomic mass is 10.0. The molecule has 62 heavy (non-hydrogen) atoms. The molecule has 0 aliphatic rings. The number of phosphoric ester groups is 1. The number of nitrogens with zero attached hydrogens (tertiary/aromatic N) is 1. The van der Waals surface area contributed by atoms with Gasteiger partial charge in [-0.3, -0.25) is 14.2 Å². The molecule has 0 aromatic heterocycles. The topological polar surface area (TPSA) is 111 Å². The summed E-state index contributed by atoms with van der Waals surface area (Å²) in [5.41, 5.74) is 0. The number of unbranched alkanes of at least 4 members (excludes halogenated alkanes) is 30. The minimum Gasteiger partial charge on any atom is -0.756 e. The maximum absolute atomic E-state index is 12.7. The summed E-state index contributed by atoms with van der Waals surface area (Å²) in [5.74, 6) is -0.826. The van der Waals surface area contributed by atoms with Crippen molar-refractivity contribution in [3.63, 3.8) is 0 Å². The van der Waals surface area contributed by atoms with Crippen LogP contribution in [0.5, 0.6) is 0 Å². The number of quaternary nitrogens is 1. The molecule has 9 nitrogen and oxygen atoms in total. The number of ether oxygens (including phenoxy) is 2. The summed E-state index contributed by atoms with van der Waals surface area (Å²) in [4.78, 5) is 37.7. The number of phosphoric acid groups is 1. The van der Waals surface area contributed by atoms with Crippen LogP contribution in [0.15, 0.2) is 24.3 Å². The Morgan fingerprint density at radius 1 is 0.500 bits per heavy atom. The molecule has 0 heterocycles. The molecule has 0 fully saturated rings. The molecule has 366 valence electrons. The number of allylic oxidation sites excluding steroid dienone is 4. The summed E-state index contributed by atoms with van der Waals surface area (Å²) in [5, 5.41) is 0. The maximum Gasteiger partial charge on any atom is 0.306 e. The fraction of sp³-hybridized carbons (Fsp3) is 0.885. The highest BCUT2D eigenvalue weighted by molar-refractivity contribution is 7.45. The van der Waals surface area contributed by atoms with Crippen LogP contribution in [0.1, 0.15) is 245 Å². The first-order valence-corrected chi connectivity index (χ1v) is 27.5. The Hall–Kier alpha value is -1.51. The van der Waals surface area contributed by atoms with Crippen LogP contribution in [-0.2, 0) is 32.7 Å². The SMILES string of the molecule is CCCCC/C=C\C/C=C\CCCCCCCCCCCC(=O)OC[C@H](COP(=O)([O-])OCC[N+](C)(C)C)OC(=O)CCCCCCCCCCCCCCCCCCCCC. The highest BCUT2D eigenvalue weighted by atomic mass is 31.2. The lowest BCUT2D eigenvalue weighted by Gasteiger charge is -2.28. The minimum absolute atomic E-state index is 0.0291. The van der Waals surface area contributed by atoms with Crippen LogP contribution in [0.4, 0.5) is 0 Å². The van der Waals surface area contributed by atoms with Gasteiger partial charge >= 0.3 is 11.9 Å². The summed E-state index contributed by atoms with van der Waals surface area (Å²) in [6, 6.07) is 0. The van der Waals surface area contributed by atoms with Crippen molar-refractivity contribution < 1.29 is 42.1 Å². The zero-order valence-corrected chi connectivity index (χ0v) is 42.2. The molecular formula is C52H100NO8P. The Bertz CT molecular complexity index is 1110. The molecule has 0 radical (unpaired) electrons. The largest absolute Gasteiger partial charge is 0.756 e. The number of hydrogen-bond donors (Lipinski definition) is 0. The second-order valence-corrected chi connectivity index (χ2v) is 20.3. The zero-order chi connectivity index (χ0) is 45.7. The van der Waals surface area contributed by atoms with E-state index in [2.05, 4.69) is 38.2 Å². The molecule has 0 amide bonds. The second-order valence-electron chi connectivity index (χ2n) is 18.9. The van der Waals surface area contributed by atoms with Gasteiger partial charge in [0.05, 0.1) is 27.7 Å². The number of rotatable bonds is 48. The normalized spacial score (nSPS) is 13.6. The fourth-order valence-corrected chi connectivity index (χ4v) is 8.12. The van der Waals surface area contributed by atoms with Crippen LogP contribution in [0, 0.1) is 0 Å². The highest BCUT2D eigenvalue weighted by Gasteiger charge is 2.21. The summed E-state index contributed by atoms with van der Waals surface area (Å²) < 4.78 is 34.1. The minimum atomic E-state index is -4.63. The third-order valence-electron chi connectivity index (χ3n) is 11.5. The molecule has 0 saturated heterocycles. The number of carbonyl (C=O) groups excluding carboxylic acids is 2. The van der Waals surface area contributed by atoms with Crippen molar-refractivity contribution in [2.24, 2.45) is 0 Å². The molecule has 2 atom stereocenters. The first-order chi connectivity index (χ1) is 30.0. The van der Waals surface area contributed by atoms with Gasteiger partial charge < -0.3 is 27.9 Å². The molecule has 0 rings (SSSR count). The van der Waals surface area contributed by atoms with Crippen molar-refractivity contribution in [3.05, 3.63) is 24.3 Å². The summed E-state index contributed by atoms with van der Waals surface area (Å²) in [6.07, 6.45) is 50.6. The molecule has 0 N–H and O–H groups in total. The Morgan fingerprint density at radius 3 is 1.31 bits per heavy atom. The third-order valence-corrected chi connectivity index (χ3v) is 12.4. The van der Waals surface area contributed by atoms with Crippen LogP contribution >= 0.6 is 7.82 Å². The average Bonchev–Trinajstić information content (AvgIpc) is 3.23. The van der Waals surface area contributed by atoms with Crippen LogP contribution in [0.2, 0.25) is 0 Å². The smallest absolute Gasteiger partial charge is 0.306 e. The van der Waals surface area contributed by atoms with E-state index in [1.807, 2.05) is 21.1 Å². The predicted octanol–water partition coefficient (Wildman–Crippen LogP) is 14.8. The quantitative estimate of drug-likeness (QED) is 0.0195. The van der Waals surface area contributed by atoms with Crippen LogP contribution < -0.4 is 4.89 Å². The Labute approximate surface area is 383 Å². The molecule has 0 aliphatic heterocycles. The van der Waals surface area contributed by atoms with E-state index in [0.29, 0.717) is 17.4 Å². The van der Waals surface area contributed by atoms with E-state index in [1.165, 1.54) is 173 Å². The lowest BCUT2D eigenvalue weighted by Crippen LogP contribution is -2.37. The van der Waals surface area contributed by atoms with Gasteiger partial charge in [0, 0.05) is 12.8 Å². The van der Waals surface area contributed by atoms with Gasteiger partial charge in [-0.2, -0.15) is 0 Å². The van der Waals surface area contributed by atoms with E-state index >= 15 is 0 Å². The molecule has 0 aromatic rings. The number of likely N-dealkylation sites (N-methyl/N-ethyl adjacent to an activating group) is 1. The van der Waals surface area contributed by atoms with Gasteiger partial charge in [-0.05, 0) is 44.9 Å². The zero-order valence-electron chi connectivity index (χ0n) is 41.3. The van der Waals surface area contributed by atoms with Crippen molar-refractivity contribution in [2.45, 2.75) is 251 Å². The Balaban J connectivity index is 4.22. The molecular weight excluding hydrogens is 798 g/mol.